The van der Waals surface area contributed by atoms with Gasteiger partial charge in [-0.05, 0) is 36.8 Å². The fourth-order valence-corrected chi connectivity index (χ4v) is 4.20. The number of aliphatic carboxylic acids is 1. The maximum absolute atomic E-state index is 13.2. The van der Waals surface area contributed by atoms with E-state index in [0.29, 0.717) is 43.2 Å². The summed E-state index contributed by atoms with van der Waals surface area (Å²) in [6, 6.07) is 10.8. The zero-order valence-electron chi connectivity index (χ0n) is 15.6. The van der Waals surface area contributed by atoms with Gasteiger partial charge in [0.05, 0.1) is 24.8 Å². The Morgan fingerprint density at radius 2 is 2.18 bits per heavy atom. The fraction of sp³-hybridized carbons (Fsp3) is 0.381. The lowest BCUT2D eigenvalue weighted by Gasteiger charge is -2.33. The summed E-state index contributed by atoms with van der Waals surface area (Å²) in [5.74, 6) is -0.591. The molecule has 1 aromatic carbocycles. The molecule has 0 unspecified atom stereocenters. The molecule has 2 saturated heterocycles. The number of carboxylic acids is 1. The van der Waals surface area contributed by atoms with Crippen LogP contribution in [0.25, 0.3) is 11.3 Å². The van der Waals surface area contributed by atoms with Gasteiger partial charge in [0.2, 0.25) is 0 Å². The lowest BCUT2D eigenvalue weighted by molar-refractivity contribution is -0.157. The van der Waals surface area contributed by atoms with E-state index in [9.17, 15) is 14.7 Å². The van der Waals surface area contributed by atoms with Crippen molar-refractivity contribution in [2.45, 2.75) is 6.42 Å². The van der Waals surface area contributed by atoms with E-state index in [4.69, 9.17) is 9.47 Å². The molecule has 2 aliphatic rings. The highest BCUT2D eigenvalue weighted by Crippen LogP contribution is 2.43. The van der Waals surface area contributed by atoms with Crippen molar-refractivity contribution in [2.24, 2.45) is 11.3 Å². The molecule has 7 heteroatoms. The van der Waals surface area contributed by atoms with Crippen LogP contribution in [0.1, 0.15) is 16.8 Å². The molecular weight excluding hydrogens is 360 g/mol. The van der Waals surface area contributed by atoms with Gasteiger partial charge in [-0.15, -0.1) is 0 Å². The molecule has 2 atom stereocenters. The highest BCUT2D eigenvalue weighted by Gasteiger charge is 2.54. The molecule has 2 fully saturated rings. The minimum atomic E-state index is -0.913. The molecular formula is C21H22N2O5. The third-order valence-electron chi connectivity index (χ3n) is 5.81. The minimum absolute atomic E-state index is 0.184. The SMILES string of the molecule is COc1ccc(C(=O)N2C[C@H]3COCC[C@@]3(C(=O)O)C2)cc1-c1ccccn1. The van der Waals surface area contributed by atoms with Crippen molar-refractivity contribution in [1.29, 1.82) is 0 Å². The van der Waals surface area contributed by atoms with Crippen LogP contribution in [0.3, 0.4) is 0 Å². The lowest BCUT2D eigenvalue weighted by Crippen LogP contribution is -2.45. The Balaban J connectivity index is 1.65. The van der Waals surface area contributed by atoms with Gasteiger partial charge in [-0.3, -0.25) is 14.6 Å². The summed E-state index contributed by atoms with van der Waals surface area (Å²) < 4.78 is 10.9. The highest BCUT2D eigenvalue weighted by atomic mass is 16.5. The van der Waals surface area contributed by atoms with Gasteiger partial charge in [-0.2, -0.15) is 0 Å². The monoisotopic (exact) mass is 382 g/mol. The standard InChI is InChI=1S/C21H22N2O5/c1-27-18-6-5-14(10-16(18)17-4-2-3-8-22-17)19(24)23-11-15-12-28-9-7-21(15,13-23)20(25)26/h2-6,8,10,15H,7,9,11-13H2,1H3,(H,25,26)/t15-,21+/m0/s1. The third kappa shape index (κ3) is 3.01. The predicted octanol–water partition coefficient (Wildman–Crippen LogP) is 2.32. The van der Waals surface area contributed by atoms with Gasteiger partial charge in [0.15, 0.2) is 0 Å². The highest BCUT2D eigenvalue weighted by molar-refractivity contribution is 5.97. The Kier molecular flexibility index (Phi) is 4.77. The van der Waals surface area contributed by atoms with Crippen LogP contribution >= 0.6 is 0 Å². The maximum Gasteiger partial charge on any atom is 0.311 e. The summed E-state index contributed by atoms with van der Waals surface area (Å²) in [6.07, 6.45) is 2.11. The first-order valence-corrected chi connectivity index (χ1v) is 9.25. The summed E-state index contributed by atoms with van der Waals surface area (Å²) >= 11 is 0. The summed E-state index contributed by atoms with van der Waals surface area (Å²) in [5.41, 5.74) is 1.01. The Morgan fingerprint density at radius 1 is 1.32 bits per heavy atom. The summed E-state index contributed by atoms with van der Waals surface area (Å²) in [4.78, 5) is 31.1. The number of hydrogen-bond acceptors (Lipinski definition) is 5. The summed E-state index contributed by atoms with van der Waals surface area (Å²) in [6.45, 7) is 1.38. The molecule has 0 aliphatic carbocycles. The van der Waals surface area contributed by atoms with Gasteiger partial charge >= 0.3 is 5.97 Å². The van der Waals surface area contributed by atoms with Crippen LogP contribution in [0, 0.1) is 11.3 Å². The number of carbonyl (C=O) groups excluding carboxylic acids is 1. The van der Waals surface area contributed by atoms with E-state index >= 15 is 0 Å². The molecule has 0 saturated carbocycles. The van der Waals surface area contributed by atoms with Crippen molar-refractivity contribution < 1.29 is 24.2 Å². The number of likely N-dealkylation sites (tertiary alicyclic amines) is 1. The van der Waals surface area contributed by atoms with Gasteiger partial charge < -0.3 is 19.5 Å². The minimum Gasteiger partial charge on any atom is -0.496 e. The lowest BCUT2D eigenvalue weighted by atomic mass is 9.74. The van der Waals surface area contributed by atoms with Crippen molar-refractivity contribution in [2.75, 3.05) is 33.4 Å². The molecule has 2 aliphatic heterocycles. The average molecular weight is 382 g/mol. The van der Waals surface area contributed by atoms with Gasteiger partial charge in [-0.25, -0.2) is 0 Å². The average Bonchev–Trinajstić information content (AvgIpc) is 3.14. The third-order valence-corrected chi connectivity index (χ3v) is 5.81. The molecule has 3 heterocycles. The van der Waals surface area contributed by atoms with Crippen molar-refractivity contribution in [3.63, 3.8) is 0 Å². The number of hydrogen-bond donors (Lipinski definition) is 1. The van der Waals surface area contributed by atoms with Crippen LogP contribution in [-0.2, 0) is 9.53 Å². The van der Waals surface area contributed by atoms with Gasteiger partial charge in [0, 0.05) is 42.9 Å². The van der Waals surface area contributed by atoms with Gasteiger partial charge in [0.1, 0.15) is 5.75 Å². The number of fused-ring (bicyclic) bond motifs is 1. The molecule has 146 valence electrons. The Morgan fingerprint density at radius 3 is 2.86 bits per heavy atom. The number of aromatic nitrogens is 1. The van der Waals surface area contributed by atoms with E-state index in [1.807, 2.05) is 18.2 Å². The molecule has 0 spiro atoms. The first-order chi connectivity index (χ1) is 13.5. The number of nitrogens with zero attached hydrogens (tertiary/aromatic N) is 2. The van der Waals surface area contributed by atoms with Crippen LogP contribution in [0.15, 0.2) is 42.6 Å². The normalized spacial score (nSPS) is 23.9. The number of pyridine rings is 1. The Bertz CT molecular complexity index is 901. The number of ether oxygens (including phenoxy) is 2. The molecule has 0 bridgehead atoms. The van der Waals surface area contributed by atoms with Crippen LogP contribution in [0.2, 0.25) is 0 Å². The number of carboxylic acid groups (broad SMARTS) is 1. The predicted molar refractivity (Wildman–Crippen MR) is 101 cm³/mol. The van der Waals surface area contributed by atoms with E-state index in [1.165, 1.54) is 0 Å². The maximum atomic E-state index is 13.2. The first-order valence-electron chi connectivity index (χ1n) is 9.25. The molecule has 1 N–H and O–H groups in total. The van der Waals surface area contributed by atoms with Crippen molar-refractivity contribution in [3.8, 4) is 17.0 Å². The molecule has 2 aromatic rings. The topological polar surface area (TPSA) is 89.0 Å². The number of rotatable bonds is 4. The van der Waals surface area contributed by atoms with Crippen molar-refractivity contribution in [3.05, 3.63) is 48.2 Å². The second-order valence-electron chi connectivity index (χ2n) is 7.30. The van der Waals surface area contributed by atoms with E-state index < -0.39 is 11.4 Å². The molecule has 7 nitrogen and oxygen atoms in total. The van der Waals surface area contributed by atoms with Gasteiger partial charge in [-0.1, -0.05) is 6.07 Å². The van der Waals surface area contributed by atoms with E-state index in [1.54, 1.807) is 36.4 Å². The van der Waals surface area contributed by atoms with E-state index in [0.717, 1.165) is 5.56 Å². The zero-order valence-corrected chi connectivity index (χ0v) is 15.6. The van der Waals surface area contributed by atoms with E-state index in [2.05, 4.69) is 4.98 Å². The molecule has 0 radical (unpaired) electrons. The summed E-state index contributed by atoms with van der Waals surface area (Å²) in [7, 11) is 1.57. The fourth-order valence-electron chi connectivity index (χ4n) is 4.20. The number of carbonyl (C=O) groups is 2. The second-order valence-corrected chi connectivity index (χ2v) is 7.30. The largest absolute Gasteiger partial charge is 0.496 e. The van der Waals surface area contributed by atoms with Crippen molar-refractivity contribution in [1.82, 2.24) is 9.88 Å². The van der Waals surface area contributed by atoms with Crippen LogP contribution < -0.4 is 4.74 Å². The Hall–Kier alpha value is -2.93. The number of benzene rings is 1. The molecule has 1 aromatic heterocycles. The first kappa shape index (κ1) is 18.4. The van der Waals surface area contributed by atoms with E-state index in [-0.39, 0.29) is 18.4 Å². The van der Waals surface area contributed by atoms with Gasteiger partial charge in [0.25, 0.3) is 5.91 Å². The van der Waals surface area contributed by atoms with Crippen LogP contribution in [0.5, 0.6) is 5.75 Å². The zero-order chi connectivity index (χ0) is 19.7. The van der Waals surface area contributed by atoms with Crippen LogP contribution in [0.4, 0.5) is 0 Å². The van der Waals surface area contributed by atoms with Crippen molar-refractivity contribution >= 4 is 11.9 Å². The molecule has 4 rings (SSSR count). The second kappa shape index (κ2) is 7.24. The molecule has 1 amide bonds. The number of amides is 1. The molecule has 28 heavy (non-hydrogen) atoms. The Labute approximate surface area is 162 Å². The summed E-state index contributed by atoms with van der Waals surface area (Å²) in [5, 5.41) is 9.81. The van der Waals surface area contributed by atoms with Crippen LogP contribution in [-0.4, -0.2) is 60.3 Å². The number of methoxy groups -OCH3 is 1. The smallest absolute Gasteiger partial charge is 0.311 e. The quantitative estimate of drug-likeness (QED) is 0.873.